The van der Waals surface area contributed by atoms with Gasteiger partial charge in [0, 0.05) is 42.6 Å². The van der Waals surface area contributed by atoms with Gasteiger partial charge in [0.1, 0.15) is 0 Å². The average molecular weight is 299 g/mol. The summed E-state index contributed by atoms with van der Waals surface area (Å²) >= 11 is 0. The molecule has 1 aromatic carbocycles. The van der Waals surface area contributed by atoms with Crippen LogP contribution in [0.4, 0.5) is 5.69 Å². The topological polar surface area (TPSA) is 99.9 Å². The van der Waals surface area contributed by atoms with E-state index in [1.807, 2.05) is 17.7 Å². The molecule has 0 aliphatic carbocycles. The smallest absolute Gasteiger partial charge is 0.269 e. The van der Waals surface area contributed by atoms with E-state index in [2.05, 4.69) is 15.2 Å². The molecule has 0 unspecified atom stereocenters. The first-order valence-corrected chi connectivity index (χ1v) is 6.69. The van der Waals surface area contributed by atoms with Gasteiger partial charge in [-0.3, -0.25) is 14.8 Å². The van der Waals surface area contributed by atoms with Crippen LogP contribution in [0.15, 0.2) is 41.1 Å². The minimum absolute atomic E-state index is 0.0293. The van der Waals surface area contributed by atoms with Gasteiger partial charge in [-0.1, -0.05) is 5.16 Å². The third-order valence-electron chi connectivity index (χ3n) is 3.27. The second-order valence-electron chi connectivity index (χ2n) is 4.76. The molecule has 3 rings (SSSR count). The zero-order chi connectivity index (χ0) is 15.5. The molecular formula is C14H13N5O3. The van der Waals surface area contributed by atoms with Crippen LogP contribution in [0, 0.1) is 17.0 Å². The minimum Gasteiger partial charge on any atom is -0.339 e. The predicted octanol–water partition coefficient (Wildman–Crippen LogP) is 2.39. The van der Waals surface area contributed by atoms with Gasteiger partial charge in [-0.2, -0.15) is 10.1 Å². The van der Waals surface area contributed by atoms with Gasteiger partial charge in [0.15, 0.2) is 0 Å². The maximum atomic E-state index is 10.6. The Kier molecular flexibility index (Phi) is 3.65. The fourth-order valence-electron chi connectivity index (χ4n) is 2.04. The summed E-state index contributed by atoms with van der Waals surface area (Å²) in [6.45, 7) is 2.63. The van der Waals surface area contributed by atoms with Gasteiger partial charge in [-0.25, -0.2) is 0 Å². The van der Waals surface area contributed by atoms with Crippen molar-refractivity contribution in [2.75, 3.05) is 0 Å². The Hall–Kier alpha value is -3.03. The maximum absolute atomic E-state index is 10.6. The number of non-ortho nitro benzene ring substituents is 1. The van der Waals surface area contributed by atoms with Gasteiger partial charge in [0.05, 0.1) is 4.92 Å². The number of nitro benzene ring substituents is 1. The van der Waals surface area contributed by atoms with Crippen molar-refractivity contribution in [3.8, 4) is 11.4 Å². The molecule has 0 aliphatic rings. The second kappa shape index (κ2) is 5.76. The van der Waals surface area contributed by atoms with E-state index in [9.17, 15) is 10.1 Å². The normalized spacial score (nSPS) is 10.8. The first kappa shape index (κ1) is 13.9. The average Bonchev–Trinajstić information content (AvgIpc) is 3.14. The van der Waals surface area contributed by atoms with Crippen molar-refractivity contribution in [1.29, 1.82) is 0 Å². The third-order valence-corrected chi connectivity index (χ3v) is 3.27. The molecule has 0 radical (unpaired) electrons. The molecule has 8 heteroatoms. The van der Waals surface area contributed by atoms with Crippen LogP contribution in [0.2, 0.25) is 0 Å². The van der Waals surface area contributed by atoms with E-state index in [1.54, 1.807) is 18.3 Å². The van der Waals surface area contributed by atoms with Crippen LogP contribution in [-0.4, -0.2) is 24.8 Å². The zero-order valence-corrected chi connectivity index (χ0v) is 11.8. The number of aryl methyl sites for hydroxylation is 3. The summed E-state index contributed by atoms with van der Waals surface area (Å²) in [6, 6.07) is 7.96. The summed E-state index contributed by atoms with van der Waals surface area (Å²) in [6.07, 6.45) is 2.31. The van der Waals surface area contributed by atoms with Crippen molar-refractivity contribution < 1.29 is 9.45 Å². The number of nitro groups is 1. The molecule has 0 aliphatic heterocycles. The quantitative estimate of drug-likeness (QED) is 0.529. The van der Waals surface area contributed by atoms with Crippen molar-refractivity contribution in [2.45, 2.75) is 19.9 Å². The Labute approximate surface area is 125 Å². The molecule has 3 aromatic rings. The predicted molar refractivity (Wildman–Crippen MR) is 77.1 cm³/mol. The lowest BCUT2D eigenvalue weighted by atomic mass is 10.2. The Bertz CT molecular complexity index is 791. The summed E-state index contributed by atoms with van der Waals surface area (Å²) < 4.78 is 7.06. The van der Waals surface area contributed by atoms with Gasteiger partial charge in [0.2, 0.25) is 11.7 Å². The number of hydrogen-bond acceptors (Lipinski definition) is 6. The third kappa shape index (κ3) is 2.85. The van der Waals surface area contributed by atoms with Gasteiger partial charge >= 0.3 is 0 Å². The second-order valence-corrected chi connectivity index (χ2v) is 4.76. The summed E-state index contributed by atoms with van der Waals surface area (Å²) in [4.78, 5) is 14.5. The zero-order valence-electron chi connectivity index (χ0n) is 11.8. The van der Waals surface area contributed by atoms with E-state index in [0.29, 0.717) is 30.2 Å². The van der Waals surface area contributed by atoms with E-state index < -0.39 is 4.92 Å². The minimum atomic E-state index is -0.447. The van der Waals surface area contributed by atoms with Crippen LogP contribution in [0.1, 0.15) is 11.6 Å². The lowest BCUT2D eigenvalue weighted by Gasteiger charge is -2.00. The Balaban J connectivity index is 1.70. The monoisotopic (exact) mass is 299 g/mol. The van der Waals surface area contributed by atoms with E-state index in [-0.39, 0.29) is 5.69 Å². The molecule has 0 fully saturated rings. The number of nitrogens with zero attached hydrogens (tertiary/aromatic N) is 5. The highest BCUT2D eigenvalue weighted by Crippen LogP contribution is 2.20. The highest BCUT2D eigenvalue weighted by Gasteiger charge is 2.11. The van der Waals surface area contributed by atoms with E-state index in [4.69, 9.17) is 4.52 Å². The van der Waals surface area contributed by atoms with Gasteiger partial charge < -0.3 is 4.52 Å². The summed E-state index contributed by atoms with van der Waals surface area (Å²) in [5.74, 6) is 0.922. The van der Waals surface area contributed by atoms with Crippen LogP contribution in [0.5, 0.6) is 0 Å². The van der Waals surface area contributed by atoms with Crippen LogP contribution in [-0.2, 0) is 13.0 Å². The summed E-state index contributed by atoms with van der Waals surface area (Å²) in [5, 5.41) is 18.7. The number of rotatable bonds is 5. The molecule has 0 saturated heterocycles. The van der Waals surface area contributed by atoms with Crippen molar-refractivity contribution in [3.05, 3.63) is 58.2 Å². The Morgan fingerprint density at radius 3 is 2.68 bits per heavy atom. The van der Waals surface area contributed by atoms with E-state index in [1.165, 1.54) is 12.1 Å². The SMILES string of the molecule is Cc1ccnn1CCc1nc(-c2ccc([N+](=O)[O-])cc2)no1. The highest BCUT2D eigenvalue weighted by atomic mass is 16.6. The molecule has 0 spiro atoms. The lowest BCUT2D eigenvalue weighted by Crippen LogP contribution is -2.04. The van der Waals surface area contributed by atoms with E-state index in [0.717, 1.165) is 5.69 Å². The van der Waals surface area contributed by atoms with Crippen LogP contribution < -0.4 is 0 Å². The van der Waals surface area contributed by atoms with Crippen molar-refractivity contribution in [1.82, 2.24) is 19.9 Å². The molecule has 0 N–H and O–H groups in total. The number of hydrogen-bond donors (Lipinski definition) is 0. The molecular weight excluding hydrogens is 286 g/mol. The molecule has 0 saturated carbocycles. The molecule has 0 amide bonds. The van der Waals surface area contributed by atoms with Gasteiger partial charge in [0.25, 0.3) is 5.69 Å². The molecule has 2 heterocycles. The summed E-state index contributed by atoms with van der Waals surface area (Å²) in [7, 11) is 0. The molecule has 0 bridgehead atoms. The molecule has 8 nitrogen and oxygen atoms in total. The first-order valence-electron chi connectivity index (χ1n) is 6.69. The molecule has 112 valence electrons. The standard InChI is InChI=1S/C14H13N5O3/c1-10-6-8-15-18(10)9-7-13-16-14(17-22-13)11-2-4-12(5-3-11)19(20)21/h2-6,8H,7,9H2,1H3. The highest BCUT2D eigenvalue weighted by molar-refractivity contribution is 5.56. The van der Waals surface area contributed by atoms with Gasteiger partial charge in [-0.05, 0) is 25.1 Å². The molecule has 22 heavy (non-hydrogen) atoms. The fourth-order valence-corrected chi connectivity index (χ4v) is 2.04. The lowest BCUT2D eigenvalue weighted by molar-refractivity contribution is -0.384. The van der Waals surface area contributed by atoms with Crippen molar-refractivity contribution in [2.24, 2.45) is 0 Å². The molecule has 0 atom stereocenters. The van der Waals surface area contributed by atoms with Crippen LogP contribution >= 0.6 is 0 Å². The fraction of sp³-hybridized carbons (Fsp3) is 0.214. The van der Waals surface area contributed by atoms with E-state index >= 15 is 0 Å². The van der Waals surface area contributed by atoms with Gasteiger partial charge in [-0.15, -0.1) is 0 Å². The Morgan fingerprint density at radius 1 is 1.27 bits per heavy atom. The van der Waals surface area contributed by atoms with Crippen LogP contribution in [0.25, 0.3) is 11.4 Å². The number of aromatic nitrogens is 4. The largest absolute Gasteiger partial charge is 0.339 e. The van der Waals surface area contributed by atoms with Crippen molar-refractivity contribution in [3.63, 3.8) is 0 Å². The maximum Gasteiger partial charge on any atom is 0.269 e. The van der Waals surface area contributed by atoms with Crippen molar-refractivity contribution >= 4 is 5.69 Å². The summed E-state index contributed by atoms with van der Waals surface area (Å²) in [5.41, 5.74) is 1.77. The van der Waals surface area contributed by atoms with Crippen LogP contribution in [0.3, 0.4) is 0 Å². The Morgan fingerprint density at radius 2 is 2.05 bits per heavy atom. The first-order chi connectivity index (χ1) is 10.6. The number of benzene rings is 1. The molecule has 2 aromatic heterocycles.